The lowest BCUT2D eigenvalue weighted by Gasteiger charge is -1.86. The minimum atomic E-state index is -4.50. The lowest BCUT2D eigenvalue weighted by atomic mass is 10.2. The second-order valence-electron chi connectivity index (χ2n) is 3.50. The molecule has 2 aromatic heterocycles. The summed E-state index contributed by atoms with van der Waals surface area (Å²) in [6.45, 7) is 0. The zero-order valence-corrected chi connectivity index (χ0v) is 9.59. The van der Waals surface area contributed by atoms with Crippen molar-refractivity contribution >= 4 is 21.1 Å². The van der Waals surface area contributed by atoms with Crippen LogP contribution in [0, 0.1) is 0 Å². The number of para-hydroxylation sites is 1. The smallest absolute Gasteiger partial charge is 0.363 e. The van der Waals surface area contributed by atoms with Crippen LogP contribution >= 0.6 is 0 Å². The average molecular weight is 266 g/mol. The standard InChI is InChI=1S/C10H6N2O5S/c13-18(14,15)10-12-11-9(17-10)8-5-6-3-1-2-4-7(6)16-8/h1-5H,(H,13,14,15). The van der Waals surface area contributed by atoms with Crippen LogP contribution < -0.4 is 0 Å². The van der Waals surface area contributed by atoms with Gasteiger partial charge in [-0.2, -0.15) is 8.42 Å². The lowest BCUT2D eigenvalue weighted by molar-refractivity contribution is 0.392. The second kappa shape index (κ2) is 3.65. The van der Waals surface area contributed by atoms with Gasteiger partial charge in [0, 0.05) is 5.39 Å². The first-order valence-electron chi connectivity index (χ1n) is 4.84. The minimum Gasteiger partial charge on any atom is -0.451 e. The van der Waals surface area contributed by atoms with Gasteiger partial charge in [-0.1, -0.05) is 23.3 Å². The van der Waals surface area contributed by atoms with Gasteiger partial charge in [0.1, 0.15) is 5.58 Å². The Kier molecular flexibility index (Phi) is 2.22. The van der Waals surface area contributed by atoms with Gasteiger partial charge >= 0.3 is 15.3 Å². The van der Waals surface area contributed by atoms with Gasteiger partial charge in [-0.25, -0.2) is 0 Å². The zero-order chi connectivity index (χ0) is 12.8. The summed E-state index contributed by atoms with van der Waals surface area (Å²) in [6, 6.07) is 8.84. The van der Waals surface area contributed by atoms with Gasteiger partial charge in [0.25, 0.3) is 5.89 Å². The normalized spacial score (nSPS) is 12.1. The van der Waals surface area contributed by atoms with E-state index < -0.39 is 15.3 Å². The van der Waals surface area contributed by atoms with Crippen molar-refractivity contribution in [3.8, 4) is 11.7 Å². The van der Waals surface area contributed by atoms with E-state index in [1.807, 2.05) is 12.1 Å². The number of rotatable bonds is 2. The Morgan fingerprint density at radius 1 is 1.11 bits per heavy atom. The molecule has 18 heavy (non-hydrogen) atoms. The minimum absolute atomic E-state index is 0.112. The van der Waals surface area contributed by atoms with Gasteiger partial charge in [0.05, 0.1) is 0 Å². The maximum absolute atomic E-state index is 10.8. The van der Waals surface area contributed by atoms with E-state index in [4.69, 9.17) is 13.4 Å². The topological polar surface area (TPSA) is 106 Å². The van der Waals surface area contributed by atoms with Gasteiger partial charge in [0.15, 0.2) is 5.76 Å². The molecule has 0 amide bonds. The van der Waals surface area contributed by atoms with Crippen LogP contribution in [-0.2, 0) is 10.1 Å². The summed E-state index contributed by atoms with van der Waals surface area (Å²) in [5.41, 5.74) is 0.610. The molecule has 92 valence electrons. The highest BCUT2D eigenvalue weighted by Crippen LogP contribution is 2.27. The molecule has 0 radical (unpaired) electrons. The molecule has 7 nitrogen and oxygen atoms in total. The summed E-state index contributed by atoms with van der Waals surface area (Å²) >= 11 is 0. The van der Waals surface area contributed by atoms with Crippen molar-refractivity contribution in [1.29, 1.82) is 0 Å². The summed E-state index contributed by atoms with van der Waals surface area (Å²) in [5, 5.41) is 6.67. The number of benzene rings is 1. The van der Waals surface area contributed by atoms with Gasteiger partial charge < -0.3 is 8.83 Å². The second-order valence-corrected chi connectivity index (χ2v) is 4.80. The first-order chi connectivity index (χ1) is 8.54. The fourth-order valence-electron chi connectivity index (χ4n) is 1.50. The highest BCUT2D eigenvalue weighted by Gasteiger charge is 2.21. The quantitative estimate of drug-likeness (QED) is 0.704. The molecule has 0 fully saturated rings. The number of hydrogen-bond donors (Lipinski definition) is 1. The average Bonchev–Trinajstić information content (AvgIpc) is 2.94. The predicted octanol–water partition coefficient (Wildman–Crippen LogP) is 1.73. The molecule has 0 bridgehead atoms. The first-order valence-corrected chi connectivity index (χ1v) is 6.28. The molecule has 0 aliphatic heterocycles. The molecule has 0 aliphatic carbocycles. The van der Waals surface area contributed by atoms with Crippen molar-refractivity contribution in [2.75, 3.05) is 0 Å². The van der Waals surface area contributed by atoms with E-state index in [-0.39, 0.29) is 11.7 Å². The predicted molar refractivity (Wildman–Crippen MR) is 59.3 cm³/mol. The van der Waals surface area contributed by atoms with Crippen LogP contribution in [0.1, 0.15) is 0 Å². The van der Waals surface area contributed by atoms with E-state index in [0.717, 1.165) is 5.39 Å². The molecular formula is C10H6N2O5S. The fourth-order valence-corrected chi connectivity index (χ4v) is 1.83. The van der Waals surface area contributed by atoms with Crippen molar-refractivity contribution in [2.45, 2.75) is 5.22 Å². The SMILES string of the molecule is O=S(=O)(O)c1nnc(-c2cc3ccccc3o2)o1. The molecule has 0 saturated heterocycles. The first kappa shape index (κ1) is 10.9. The number of hydrogen-bond acceptors (Lipinski definition) is 6. The maximum Gasteiger partial charge on any atom is 0.363 e. The highest BCUT2D eigenvalue weighted by molar-refractivity contribution is 7.85. The van der Waals surface area contributed by atoms with Gasteiger partial charge in [-0.05, 0) is 12.1 Å². The van der Waals surface area contributed by atoms with E-state index in [9.17, 15) is 8.42 Å². The number of nitrogens with zero attached hydrogens (tertiary/aromatic N) is 2. The molecule has 0 unspecified atom stereocenters. The molecule has 1 N–H and O–H groups in total. The summed E-state index contributed by atoms with van der Waals surface area (Å²) in [5.74, 6) is 0.123. The Bertz CT molecular complexity index is 785. The molecule has 8 heteroatoms. The van der Waals surface area contributed by atoms with E-state index in [0.29, 0.717) is 5.58 Å². The van der Waals surface area contributed by atoms with E-state index in [2.05, 4.69) is 10.2 Å². The van der Waals surface area contributed by atoms with Crippen LogP contribution in [0.2, 0.25) is 0 Å². The third-order valence-corrected chi connectivity index (χ3v) is 2.87. The Labute approximate surface area is 101 Å². The number of fused-ring (bicyclic) bond motifs is 1. The zero-order valence-electron chi connectivity index (χ0n) is 8.77. The van der Waals surface area contributed by atoms with Crippen molar-refractivity contribution in [2.24, 2.45) is 0 Å². The van der Waals surface area contributed by atoms with Crippen molar-refractivity contribution < 1.29 is 21.8 Å². The Hall–Kier alpha value is -2.19. The van der Waals surface area contributed by atoms with Crippen LogP contribution in [0.5, 0.6) is 0 Å². The summed E-state index contributed by atoms with van der Waals surface area (Å²) in [7, 11) is -4.50. The van der Waals surface area contributed by atoms with E-state index in [1.165, 1.54) is 0 Å². The highest BCUT2D eigenvalue weighted by atomic mass is 32.2. The molecule has 0 aliphatic rings. The van der Waals surface area contributed by atoms with E-state index >= 15 is 0 Å². The van der Waals surface area contributed by atoms with Crippen LogP contribution in [0.25, 0.3) is 22.6 Å². The van der Waals surface area contributed by atoms with Crippen molar-refractivity contribution in [3.05, 3.63) is 30.3 Å². The summed E-state index contributed by atoms with van der Waals surface area (Å²) in [6.07, 6.45) is 0. The third kappa shape index (κ3) is 1.77. The number of aromatic nitrogens is 2. The van der Waals surface area contributed by atoms with Gasteiger partial charge in [-0.3, -0.25) is 4.55 Å². The Morgan fingerprint density at radius 3 is 2.56 bits per heavy atom. The summed E-state index contributed by atoms with van der Waals surface area (Å²) < 4.78 is 40.5. The molecule has 3 rings (SSSR count). The molecule has 0 spiro atoms. The van der Waals surface area contributed by atoms with Crippen LogP contribution in [0.3, 0.4) is 0 Å². The monoisotopic (exact) mass is 266 g/mol. The van der Waals surface area contributed by atoms with Crippen LogP contribution in [-0.4, -0.2) is 23.2 Å². The molecule has 0 saturated carbocycles. The largest absolute Gasteiger partial charge is 0.451 e. The number of furan rings is 1. The molecular weight excluding hydrogens is 260 g/mol. The molecule has 3 aromatic rings. The molecule has 1 aromatic carbocycles. The lowest BCUT2D eigenvalue weighted by Crippen LogP contribution is -1.97. The Balaban J connectivity index is 2.12. The van der Waals surface area contributed by atoms with Crippen LogP contribution in [0.15, 0.2) is 44.4 Å². The van der Waals surface area contributed by atoms with Gasteiger partial charge in [0.2, 0.25) is 0 Å². The molecule has 2 heterocycles. The Morgan fingerprint density at radius 2 is 1.89 bits per heavy atom. The summed E-state index contributed by atoms with van der Waals surface area (Å²) in [4.78, 5) is 0. The maximum atomic E-state index is 10.8. The fraction of sp³-hybridized carbons (Fsp3) is 0. The van der Waals surface area contributed by atoms with Crippen molar-refractivity contribution in [1.82, 2.24) is 10.2 Å². The van der Waals surface area contributed by atoms with Crippen LogP contribution in [0.4, 0.5) is 0 Å². The van der Waals surface area contributed by atoms with Crippen molar-refractivity contribution in [3.63, 3.8) is 0 Å². The van der Waals surface area contributed by atoms with E-state index in [1.54, 1.807) is 18.2 Å². The third-order valence-electron chi connectivity index (χ3n) is 2.26. The molecule has 0 atom stereocenters. The van der Waals surface area contributed by atoms with Gasteiger partial charge in [-0.15, -0.1) is 5.10 Å².